The van der Waals surface area contributed by atoms with E-state index in [2.05, 4.69) is 15.6 Å². The summed E-state index contributed by atoms with van der Waals surface area (Å²) in [7, 11) is 1.69. The third-order valence-electron chi connectivity index (χ3n) is 6.40. The molecule has 3 heterocycles. The van der Waals surface area contributed by atoms with Crippen LogP contribution in [0, 0.1) is 6.92 Å². The summed E-state index contributed by atoms with van der Waals surface area (Å²) in [6, 6.07) is -0.335. The van der Waals surface area contributed by atoms with E-state index < -0.39 is 0 Å². The standard InChI is InChI=1S/C20H29N5O3/c1-13-22-17-14(18(23-13)21-9-12-28-2)5-6-20(17)7-10-25(11-8-20)19(27)15-3-4-16(26)24-15/h15H,3-12H2,1-2H3,(H,24,26)(H,21,22,23). The fourth-order valence-electron chi connectivity index (χ4n) is 4.83. The van der Waals surface area contributed by atoms with Gasteiger partial charge in [-0.1, -0.05) is 0 Å². The Bertz CT molecular complexity index is 773. The van der Waals surface area contributed by atoms with Crippen LogP contribution in [0.3, 0.4) is 0 Å². The number of aryl methyl sites for hydroxylation is 1. The number of likely N-dealkylation sites (tertiary alicyclic amines) is 1. The van der Waals surface area contributed by atoms with Crippen molar-refractivity contribution in [2.75, 3.05) is 38.7 Å². The second-order valence-corrected chi connectivity index (χ2v) is 8.13. The highest BCUT2D eigenvalue weighted by Gasteiger charge is 2.45. The summed E-state index contributed by atoms with van der Waals surface area (Å²) in [4.78, 5) is 35.5. The smallest absolute Gasteiger partial charge is 0.245 e. The quantitative estimate of drug-likeness (QED) is 0.730. The Balaban J connectivity index is 1.47. The summed E-state index contributed by atoms with van der Waals surface area (Å²) in [5.41, 5.74) is 2.43. The minimum atomic E-state index is -0.335. The van der Waals surface area contributed by atoms with Crippen LogP contribution in [0.2, 0.25) is 0 Å². The third kappa shape index (κ3) is 3.45. The molecule has 2 amide bonds. The molecule has 2 fully saturated rings. The van der Waals surface area contributed by atoms with E-state index in [1.54, 1.807) is 7.11 Å². The van der Waals surface area contributed by atoms with Gasteiger partial charge in [0.15, 0.2) is 0 Å². The number of piperidine rings is 1. The van der Waals surface area contributed by atoms with Crippen LogP contribution in [-0.2, 0) is 26.2 Å². The number of carbonyl (C=O) groups excluding carboxylic acids is 2. The lowest BCUT2D eigenvalue weighted by atomic mass is 9.76. The number of nitrogens with one attached hydrogen (secondary N) is 2. The van der Waals surface area contributed by atoms with Gasteiger partial charge in [-0.25, -0.2) is 9.97 Å². The number of rotatable bonds is 5. The minimum absolute atomic E-state index is 0.0165. The minimum Gasteiger partial charge on any atom is -0.383 e. The van der Waals surface area contributed by atoms with Gasteiger partial charge in [0, 0.05) is 44.1 Å². The maximum atomic E-state index is 12.7. The Kier molecular flexibility index (Phi) is 5.23. The average Bonchev–Trinajstić information content (AvgIpc) is 3.27. The van der Waals surface area contributed by atoms with Crippen molar-refractivity contribution in [2.24, 2.45) is 0 Å². The first-order valence-electron chi connectivity index (χ1n) is 10.2. The molecule has 1 spiro atoms. The second kappa shape index (κ2) is 7.66. The lowest BCUT2D eigenvalue weighted by molar-refractivity contribution is -0.135. The van der Waals surface area contributed by atoms with Crippen LogP contribution in [0.4, 0.5) is 5.82 Å². The summed E-state index contributed by atoms with van der Waals surface area (Å²) in [6.07, 6.45) is 4.93. The van der Waals surface area contributed by atoms with Crippen LogP contribution in [0.15, 0.2) is 0 Å². The first kappa shape index (κ1) is 19.1. The number of nitrogens with zero attached hydrogens (tertiary/aromatic N) is 3. The summed E-state index contributed by atoms with van der Waals surface area (Å²) in [6.45, 7) is 4.75. The molecule has 0 bridgehead atoms. The highest BCUT2D eigenvalue weighted by molar-refractivity contribution is 5.90. The lowest BCUT2D eigenvalue weighted by Gasteiger charge is -2.40. The summed E-state index contributed by atoms with van der Waals surface area (Å²) in [5, 5.41) is 6.19. The van der Waals surface area contributed by atoms with Gasteiger partial charge in [-0.15, -0.1) is 0 Å². The van der Waals surface area contributed by atoms with Crippen molar-refractivity contribution in [1.29, 1.82) is 0 Å². The van der Waals surface area contributed by atoms with E-state index in [0.29, 0.717) is 19.4 Å². The zero-order chi connectivity index (χ0) is 19.7. The van der Waals surface area contributed by atoms with Crippen molar-refractivity contribution in [1.82, 2.24) is 20.2 Å². The van der Waals surface area contributed by atoms with Gasteiger partial charge in [-0.3, -0.25) is 9.59 Å². The first-order valence-corrected chi connectivity index (χ1v) is 10.2. The normalized spacial score (nSPS) is 23.0. The molecule has 4 rings (SSSR count). The van der Waals surface area contributed by atoms with Gasteiger partial charge in [0.2, 0.25) is 11.8 Å². The van der Waals surface area contributed by atoms with Crippen LogP contribution in [0.25, 0.3) is 0 Å². The zero-order valence-corrected chi connectivity index (χ0v) is 16.7. The maximum Gasteiger partial charge on any atom is 0.245 e. The van der Waals surface area contributed by atoms with Crippen LogP contribution in [-0.4, -0.2) is 66.1 Å². The number of hydrogen-bond acceptors (Lipinski definition) is 6. The van der Waals surface area contributed by atoms with E-state index >= 15 is 0 Å². The fraction of sp³-hybridized carbons (Fsp3) is 0.700. The van der Waals surface area contributed by atoms with Gasteiger partial charge < -0.3 is 20.3 Å². The van der Waals surface area contributed by atoms with Crippen molar-refractivity contribution in [3.8, 4) is 0 Å². The number of hydrogen-bond donors (Lipinski definition) is 2. The molecule has 1 unspecified atom stereocenters. The summed E-state index contributed by atoms with van der Waals surface area (Å²) in [5.74, 6) is 1.77. The van der Waals surface area contributed by atoms with Crippen LogP contribution in [0.5, 0.6) is 0 Å². The highest BCUT2D eigenvalue weighted by atomic mass is 16.5. The highest BCUT2D eigenvalue weighted by Crippen LogP contribution is 2.47. The molecular weight excluding hydrogens is 358 g/mol. The molecule has 152 valence electrons. The van der Waals surface area contributed by atoms with E-state index in [1.165, 1.54) is 11.3 Å². The van der Waals surface area contributed by atoms with Gasteiger partial charge >= 0.3 is 0 Å². The van der Waals surface area contributed by atoms with Crippen LogP contribution >= 0.6 is 0 Å². The fourth-order valence-corrected chi connectivity index (χ4v) is 4.83. The SMILES string of the molecule is COCCNc1nc(C)nc2c1CCC21CCN(C(=O)C2CCC(=O)N2)CC1. The van der Waals surface area contributed by atoms with E-state index in [4.69, 9.17) is 9.72 Å². The average molecular weight is 387 g/mol. The Hall–Kier alpha value is -2.22. The summed E-state index contributed by atoms with van der Waals surface area (Å²) >= 11 is 0. The molecule has 1 aromatic rings. The number of amides is 2. The molecule has 3 aliphatic rings. The Morgan fingerprint density at radius 3 is 2.75 bits per heavy atom. The van der Waals surface area contributed by atoms with Gasteiger partial charge in [-0.05, 0) is 39.0 Å². The molecule has 1 aliphatic carbocycles. The van der Waals surface area contributed by atoms with Crippen molar-refractivity contribution in [2.45, 2.75) is 56.9 Å². The summed E-state index contributed by atoms with van der Waals surface area (Å²) < 4.78 is 5.14. The molecular formula is C20H29N5O3. The predicted octanol–water partition coefficient (Wildman–Crippen LogP) is 0.928. The molecule has 2 N–H and O–H groups in total. The number of fused-ring (bicyclic) bond motifs is 2. The Morgan fingerprint density at radius 2 is 2.07 bits per heavy atom. The monoisotopic (exact) mass is 387 g/mol. The molecule has 1 atom stereocenters. The maximum absolute atomic E-state index is 12.7. The lowest BCUT2D eigenvalue weighted by Crippen LogP contribution is -2.50. The van der Waals surface area contributed by atoms with E-state index in [-0.39, 0.29) is 23.3 Å². The molecule has 8 heteroatoms. The third-order valence-corrected chi connectivity index (χ3v) is 6.40. The molecule has 8 nitrogen and oxygen atoms in total. The van der Waals surface area contributed by atoms with Crippen LogP contribution in [0.1, 0.15) is 49.2 Å². The molecule has 1 aromatic heterocycles. The number of methoxy groups -OCH3 is 1. The first-order chi connectivity index (χ1) is 13.5. The zero-order valence-electron chi connectivity index (χ0n) is 16.7. The van der Waals surface area contributed by atoms with Crippen LogP contribution < -0.4 is 10.6 Å². The molecule has 0 radical (unpaired) electrons. The van der Waals surface area contributed by atoms with E-state index in [9.17, 15) is 9.59 Å². The Labute approximate surface area is 165 Å². The van der Waals surface area contributed by atoms with Gasteiger partial charge in [-0.2, -0.15) is 0 Å². The van der Waals surface area contributed by atoms with Crippen molar-refractivity contribution in [3.63, 3.8) is 0 Å². The molecule has 2 aliphatic heterocycles. The van der Waals surface area contributed by atoms with Crippen molar-refractivity contribution < 1.29 is 14.3 Å². The van der Waals surface area contributed by atoms with Gasteiger partial charge in [0.05, 0.1) is 12.3 Å². The van der Waals surface area contributed by atoms with Crippen molar-refractivity contribution >= 4 is 17.6 Å². The second-order valence-electron chi connectivity index (χ2n) is 8.13. The molecule has 0 aromatic carbocycles. The Morgan fingerprint density at radius 1 is 1.29 bits per heavy atom. The molecule has 0 saturated carbocycles. The molecule has 2 saturated heterocycles. The van der Waals surface area contributed by atoms with Crippen molar-refractivity contribution in [3.05, 3.63) is 17.1 Å². The number of ether oxygens (including phenoxy) is 1. The number of carbonyl (C=O) groups is 2. The number of aromatic nitrogens is 2. The van der Waals surface area contributed by atoms with E-state index in [1.807, 2.05) is 11.8 Å². The predicted molar refractivity (Wildman–Crippen MR) is 104 cm³/mol. The molecule has 28 heavy (non-hydrogen) atoms. The topological polar surface area (TPSA) is 96.4 Å². The van der Waals surface area contributed by atoms with Gasteiger partial charge in [0.1, 0.15) is 17.7 Å². The van der Waals surface area contributed by atoms with E-state index in [0.717, 1.165) is 57.0 Å². The number of anilines is 1. The largest absolute Gasteiger partial charge is 0.383 e. The van der Waals surface area contributed by atoms with Gasteiger partial charge in [0.25, 0.3) is 0 Å².